The molecule has 0 spiro atoms. The summed E-state index contributed by atoms with van der Waals surface area (Å²) in [4.78, 5) is 36.9. The summed E-state index contributed by atoms with van der Waals surface area (Å²) in [6.07, 6.45) is -4.66. The largest absolute Gasteiger partial charge is 0.493 e. The zero-order valence-corrected chi connectivity index (χ0v) is 21.0. The van der Waals surface area contributed by atoms with Crippen LogP contribution in [-0.4, -0.2) is 30.6 Å². The molecule has 198 valence electrons. The van der Waals surface area contributed by atoms with Gasteiger partial charge in [0.2, 0.25) is 0 Å². The lowest BCUT2D eigenvalue weighted by atomic mass is 10.1. The van der Waals surface area contributed by atoms with Crippen molar-refractivity contribution in [2.75, 3.05) is 12.4 Å². The van der Waals surface area contributed by atoms with E-state index in [1.165, 1.54) is 26.2 Å². The van der Waals surface area contributed by atoms with E-state index in [0.29, 0.717) is 17.2 Å². The molecule has 0 atom stereocenters. The van der Waals surface area contributed by atoms with Crippen LogP contribution in [0.4, 0.5) is 18.9 Å². The molecule has 0 unspecified atom stereocenters. The molecule has 3 rings (SSSR count). The van der Waals surface area contributed by atoms with Gasteiger partial charge in [0.15, 0.2) is 11.5 Å². The van der Waals surface area contributed by atoms with E-state index in [9.17, 15) is 27.6 Å². The van der Waals surface area contributed by atoms with Gasteiger partial charge in [0.25, 0.3) is 0 Å². The van der Waals surface area contributed by atoms with Gasteiger partial charge in [0.05, 0.1) is 34.7 Å². The number of esters is 1. The van der Waals surface area contributed by atoms with Gasteiger partial charge in [-0.3, -0.25) is 9.59 Å². The van der Waals surface area contributed by atoms with Crippen LogP contribution in [0.25, 0.3) is 0 Å². The molecule has 0 bridgehead atoms. The Labute approximate surface area is 220 Å². The highest BCUT2D eigenvalue weighted by Gasteiger charge is 2.31. The number of amides is 2. The summed E-state index contributed by atoms with van der Waals surface area (Å²) in [6.45, 7) is 3.30. The minimum Gasteiger partial charge on any atom is -0.493 e. The number of hydrogen-bond donors (Lipinski definition) is 2. The van der Waals surface area contributed by atoms with Crippen LogP contribution in [0.3, 0.4) is 0 Å². The van der Waals surface area contributed by atoms with Crippen LogP contribution in [0.2, 0.25) is 5.02 Å². The molecule has 3 aromatic carbocycles. The number of rotatable bonds is 6. The van der Waals surface area contributed by atoms with Gasteiger partial charge < -0.3 is 14.8 Å². The Kier molecular flexibility index (Phi) is 8.74. The van der Waals surface area contributed by atoms with Crippen LogP contribution in [0.1, 0.15) is 34.0 Å². The van der Waals surface area contributed by atoms with Crippen LogP contribution in [0.5, 0.6) is 11.5 Å². The quantitative estimate of drug-likeness (QED) is 0.142. The fourth-order valence-electron chi connectivity index (χ4n) is 3.16. The predicted octanol–water partition coefficient (Wildman–Crippen LogP) is 5.37. The van der Waals surface area contributed by atoms with E-state index < -0.39 is 29.5 Å². The summed E-state index contributed by atoms with van der Waals surface area (Å²) in [5.41, 5.74) is 2.43. The van der Waals surface area contributed by atoms with Crippen molar-refractivity contribution in [2.45, 2.75) is 20.0 Å². The number of carbonyl (C=O) groups excluding carboxylic acids is 3. The van der Waals surface area contributed by atoms with Crippen molar-refractivity contribution < 1.29 is 37.0 Å². The molecule has 0 saturated heterocycles. The smallest absolute Gasteiger partial charge is 0.416 e. The van der Waals surface area contributed by atoms with Crippen LogP contribution in [0.15, 0.2) is 65.8 Å². The number of ether oxygens (including phenoxy) is 2. The van der Waals surface area contributed by atoms with Crippen LogP contribution < -0.4 is 20.2 Å². The number of carbonyl (C=O) groups is 3. The first-order chi connectivity index (χ1) is 17.9. The van der Waals surface area contributed by atoms with E-state index in [0.717, 1.165) is 17.7 Å². The maximum atomic E-state index is 12.9. The zero-order valence-electron chi connectivity index (χ0n) is 20.3. The minimum atomic E-state index is -4.66. The summed E-state index contributed by atoms with van der Waals surface area (Å²) < 4.78 is 49.5. The average molecular weight is 548 g/mol. The number of nitrogens with one attached hydrogen (secondary N) is 2. The van der Waals surface area contributed by atoms with Crippen LogP contribution in [-0.2, 0) is 15.8 Å². The molecule has 2 N–H and O–H groups in total. The number of hydrogen-bond acceptors (Lipinski definition) is 6. The Morgan fingerprint density at radius 1 is 0.947 bits per heavy atom. The summed E-state index contributed by atoms with van der Waals surface area (Å²) in [5, 5.41) is 5.68. The summed E-state index contributed by atoms with van der Waals surface area (Å²) in [5.74, 6) is -2.73. The van der Waals surface area contributed by atoms with E-state index in [1.54, 1.807) is 37.3 Å². The van der Waals surface area contributed by atoms with Gasteiger partial charge in [-0.05, 0) is 61.9 Å². The standard InChI is InChI=1S/C26H21ClF3N3O5/c1-14-6-4-5-7-18(14)25(36)38-21-11-8-16(12-22(21)37-3)15(2)32-33-24(35)23(34)31-20-13-17(26(28,29)30)9-10-19(20)27/h4-13H,1-3H3,(H,31,34)(H,33,35)/b32-15+. The molecule has 0 heterocycles. The lowest BCUT2D eigenvalue weighted by Gasteiger charge is -2.12. The molecule has 0 aliphatic heterocycles. The molecule has 38 heavy (non-hydrogen) atoms. The number of aryl methyl sites for hydroxylation is 1. The highest BCUT2D eigenvalue weighted by molar-refractivity contribution is 6.41. The fourth-order valence-corrected chi connectivity index (χ4v) is 3.32. The average Bonchev–Trinajstić information content (AvgIpc) is 2.87. The van der Waals surface area contributed by atoms with Crippen molar-refractivity contribution in [1.82, 2.24) is 5.43 Å². The zero-order chi connectivity index (χ0) is 28.0. The molecule has 12 heteroatoms. The van der Waals surface area contributed by atoms with Gasteiger partial charge in [-0.1, -0.05) is 29.8 Å². The first-order valence-corrected chi connectivity index (χ1v) is 11.3. The topological polar surface area (TPSA) is 106 Å². The van der Waals surface area contributed by atoms with Gasteiger partial charge >= 0.3 is 24.0 Å². The Hall–Kier alpha value is -4.38. The van der Waals surface area contributed by atoms with E-state index in [2.05, 4.69) is 5.10 Å². The van der Waals surface area contributed by atoms with Gasteiger partial charge in [-0.15, -0.1) is 0 Å². The second kappa shape index (κ2) is 11.8. The number of benzene rings is 3. The molecule has 2 amide bonds. The number of alkyl halides is 3. The molecule has 0 radical (unpaired) electrons. The SMILES string of the molecule is COc1cc(/C(C)=N/NC(=O)C(=O)Nc2cc(C(F)(F)F)ccc2Cl)ccc1OC(=O)c1ccccc1C. The summed E-state index contributed by atoms with van der Waals surface area (Å²) in [7, 11) is 1.38. The molecule has 3 aromatic rings. The number of hydrazone groups is 1. The molecule has 0 aliphatic rings. The number of anilines is 1. The van der Waals surface area contributed by atoms with Crippen molar-refractivity contribution in [1.29, 1.82) is 0 Å². The number of nitrogens with zero attached hydrogens (tertiary/aromatic N) is 1. The third kappa shape index (κ3) is 6.88. The molecule has 0 aromatic heterocycles. The van der Waals surface area contributed by atoms with E-state index in [4.69, 9.17) is 21.1 Å². The van der Waals surface area contributed by atoms with Crippen molar-refractivity contribution in [3.63, 3.8) is 0 Å². The molecular formula is C26H21ClF3N3O5. The van der Waals surface area contributed by atoms with Gasteiger partial charge in [0.1, 0.15) is 0 Å². The Bertz CT molecular complexity index is 1420. The van der Waals surface area contributed by atoms with Crippen molar-refractivity contribution in [2.24, 2.45) is 5.10 Å². The minimum absolute atomic E-state index is 0.152. The molecule has 0 aliphatic carbocycles. The summed E-state index contributed by atoms with van der Waals surface area (Å²) in [6, 6.07) is 13.8. The van der Waals surface area contributed by atoms with Gasteiger partial charge in [-0.25, -0.2) is 10.2 Å². The Morgan fingerprint density at radius 2 is 1.66 bits per heavy atom. The maximum Gasteiger partial charge on any atom is 0.416 e. The third-order valence-corrected chi connectivity index (χ3v) is 5.55. The molecule has 8 nitrogen and oxygen atoms in total. The van der Waals surface area contributed by atoms with E-state index >= 15 is 0 Å². The first-order valence-electron chi connectivity index (χ1n) is 10.9. The second-order valence-electron chi connectivity index (χ2n) is 7.85. The third-order valence-electron chi connectivity index (χ3n) is 5.22. The van der Waals surface area contributed by atoms with Crippen molar-refractivity contribution in [3.8, 4) is 11.5 Å². The van der Waals surface area contributed by atoms with Gasteiger partial charge in [0, 0.05) is 5.56 Å². The Morgan fingerprint density at radius 3 is 2.32 bits per heavy atom. The first kappa shape index (κ1) is 28.2. The van der Waals surface area contributed by atoms with E-state index in [1.807, 2.05) is 10.7 Å². The fraction of sp³-hybridized carbons (Fsp3) is 0.154. The number of halogens is 4. The monoisotopic (exact) mass is 547 g/mol. The lowest BCUT2D eigenvalue weighted by molar-refractivity contribution is -0.137. The normalized spacial score (nSPS) is 11.5. The van der Waals surface area contributed by atoms with E-state index in [-0.39, 0.29) is 27.9 Å². The maximum absolute atomic E-state index is 12.9. The highest BCUT2D eigenvalue weighted by Crippen LogP contribution is 2.34. The molecular weight excluding hydrogens is 527 g/mol. The van der Waals surface area contributed by atoms with Crippen molar-refractivity contribution in [3.05, 3.63) is 87.9 Å². The van der Waals surface area contributed by atoms with Crippen LogP contribution >= 0.6 is 11.6 Å². The second-order valence-corrected chi connectivity index (χ2v) is 8.26. The summed E-state index contributed by atoms with van der Waals surface area (Å²) >= 11 is 5.83. The Balaban J connectivity index is 1.69. The lowest BCUT2D eigenvalue weighted by Crippen LogP contribution is -2.33. The highest BCUT2D eigenvalue weighted by atomic mass is 35.5. The van der Waals surface area contributed by atoms with Gasteiger partial charge in [-0.2, -0.15) is 18.3 Å². The number of methoxy groups -OCH3 is 1. The molecule has 0 saturated carbocycles. The predicted molar refractivity (Wildman–Crippen MR) is 135 cm³/mol. The van der Waals surface area contributed by atoms with Crippen molar-refractivity contribution >= 4 is 40.8 Å². The molecule has 0 fully saturated rings. The van der Waals surface area contributed by atoms with Crippen LogP contribution in [0, 0.1) is 6.92 Å².